The standard InChI is InChI=1S/C24H18N2O2S2/c1-17-7-10-20(11-8-17)28-15-23-26-22(16-30-23)24(27)25-19-5-2-4-18(14-19)9-12-21-6-3-13-29-21/h2-8,10-11,13-14,16H,15H2,1H3,(H,25,27). The van der Waals surface area contributed by atoms with Crippen LogP contribution in [0.15, 0.2) is 71.4 Å². The molecule has 0 aliphatic heterocycles. The van der Waals surface area contributed by atoms with E-state index < -0.39 is 0 Å². The van der Waals surface area contributed by atoms with Gasteiger partial charge in [-0.05, 0) is 48.7 Å². The number of aromatic nitrogens is 1. The van der Waals surface area contributed by atoms with Crippen LogP contribution >= 0.6 is 22.7 Å². The molecule has 4 rings (SSSR count). The molecule has 30 heavy (non-hydrogen) atoms. The van der Waals surface area contributed by atoms with Crippen LogP contribution in [0.1, 0.15) is 31.5 Å². The average Bonchev–Trinajstić information content (AvgIpc) is 3.44. The predicted molar refractivity (Wildman–Crippen MR) is 122 cm³/mol. The minimum absolute atomic E-state index is 0.254. The van der Waals surface area contributed by atoms with Gasteiger partial charge in [-0.2, -0.15) is 0 Å². The lowest BCUT2D eigenvalue weighted by Gasteiger charge is -2.04. The fourth-order valence-corrected chi connectivity index (χ4v) is 3.87. The van der Waals surface area contributed by atoms with E-state index in [0.717, 1.165) is 21.2 Å². The first-order chi connectivity index (χ1) is 14.7. The number of benzene rings is 2. The molecule has 1 N–H and O–H groups in total. The lowest BCUT2D eigenvalue weighted by atomic mass is 10.2. The van der Waals surface area contributed by atoms with E-state index in [1.807, 2.05) is 73.0 Å². The number of anilines is 1. The zero-order valence-electron chi connectivity index (χ0n) is 16.2. The van der Waals surface area contributed by atoms with Crippen LogP contribution in [0.25, 0.3) is 0 Å². The molecule has 1 amide bonds. The molecular weight excluding hydrogens is 412 g/mol. The molecule has 2 aromatic carbocycles. The summed E-state index contributed by atoms with van der Waals surface area (Å²) in [5.74, 6) is 6.76. The number of amides is 1. The van der Waals surface area contributed by atoms with Crippen LogP contribution in [0.2, 0.25) is 0 Å². The molecular formula is C24H18N2O2S2. The molecule has 0 saturated heterocycles. The molecule has 0 unspecified atom stereocenters. The van der Waals surface area contributed by atoms with E-state index in [4.69, 9.17) is 4.74 Å². The summed E-state index contributed by atoms with van der Waals surface area (Å²) < 4.78 is 5.73. The second kappa shape index (κ2) is 9.40. The zero-order valence-corrected chi connectivity index (χ0v) is 17.8. The Bertz CT molecular complexity index is 1200. The van der Waals surface area contributed by atoms with Crippen molar-refractivity contribution in [2.24, 2.45) is 0 Å². The number of hydrogen-bond donors (Lipinski definition) is 1. The zero-order chi connectivity index (χ0) is 20.8. The SMILES string of the molecule is Cc1ccc(OCc2nc(C(=O)Nc3cccc(C#Cc4cccs4)c3)cs2)cc1. The number of nitrogens with zero attached hydrogens (tertiary/aromatic N) is 1. The first-order valence-corrected chi connectivity index (χ1v) is 11.0. The molecule has 0 atom stereocenters. The molecule has 0 fully saturated rings. The highest BCUT2D eigenvalue weighted by molar-refractivity contribution is 7.10. The van der Waals surface area contributed by atoms with Gasteiger partial charge in [-0.1, -0.05) is 41.7 Å². The highest BCUT2D eigenvalue weighted by atomic mass is 32.1. The van der Waals surface area contributed by atoms with Crippen molar-refractivity contribution in [1.29, 1.82) is 0 Å². The summed E-state index contributed by atoms with van der Waals surface area (Å²) in [6.45, 7) is 2.36. The van der Waals surface area contributed by atoms with Crippen molar-refractivity contribution in [2.75, 3.05) is 5.32 Å². The lowest BCUT2D eigenvalue weighted by Crippen LogP contribution is -2.12. The van der Waals surface area contributed by atoms with E-state index in [9.17, 15) is 4.79 Å². The summed E-state index contributed by atoms with van der Waals surface area (Å²) in [5, 5.41) is 7.37. The monoisotopic (exact) mass is 430 g/mol. The Morgan fingerprint density at radius 1 is 1.07 bits per heavy atom. The third kappa shape index (κ3) is 5.35. The third-order valence-electron chi connectivity index (χ3n) is 4.14. The minimum atomic E-state index is -0.254. The molecule has 0 bridgehead atoms. The van der Waals surface area contributed by atoms with Gasteiger partial charge < -0.3 is 10.1 Å². The van der Waals surface area contributed by atoms with Crippen molar-refractivity contribution in [3.63, 3.8) is 0 Å². The Hall–Kier alpha value is -3.40. The van der Waals surface area contributed by atoms with Crippen molar-refractivity contribution in [3.05, 3.63) is 98.1 Å². The summed E-state index contributed by atoms with van der Waals surface area (Å²) in [7, 11) is 0. The third-order valence-corrected chi connectivity index (χ3v) is 5.75. The summed E-state index contributed by atoms with van der Waals surface area (Å²) in [4.78, 5) is 17.9. The molecule has 148 valence electrons. The fraction of sp³-hybridized carbons (Fsp3) is 0.0833. The number of hydrogen-bond acceptors (Lipinski definition) is 5. The molecule has 0 saturated carbocycles. The number of nitrogens with one attached hydrogen (secondary N) is 1. The largest absolute Gasteiger partial charge is 0.486 e. The molecule has 0 aliphatic rings. The van der Waals surface area contributed by atoms with Gasteiger partial charge >= 0.3 is 0 Å². The molecule has 4 nitrogen and oxygen atoms in total. The first-order valence-electron chi connectivity index (χ1n) is 9.26. The van der Waals surface area contributed by atoms with Gasteiger partial charge in [-0.3, -0.25) is 4.79 Å². The van der Waals surface area contributed by atoms with E-state index in [2.05, 4.69) is 22.1 Å². The number of thiazole rings is 1. The predicted octanol–water partition coefficient (Wildman–Crippen LogP) is 5.74. The summed E-state index contributed by atoms with van der Waals surface area (Å²) in [6, 6.07) is 19.3. The van der Waals surface area contributed by atoms with Crippen LogP contribution in [0.4, 0.5) is 5.69 Å². The van der Waals surface area contributed by atoms with E-state index in [-0.39, 0.29) is 5.91 Å². The van der Waals surface area contributed by atoms with Gasteiger partial charge in [0.1, 0.15) is 23.1 Å². The summed E-state index contributed by atoms with van der Waals surface area (Å²) in [5.41, 5.74) is 3.07. The van der Waals surface area contributed by atoms with Crippen LogP contribution in [0.5, 0.6) is 5.75 Å². The number of carbonyl (C=O) groups excluding carboxylic acids is 1. The average molecular weight is 431 g/mol. The molecule has 6 heteroatoms. The van der Waals surface area contributed by atoms with Crippen molar-refractivity contribution in [1.82, 2.24) is 4.98 Å². The Labute approximate surface area is 183 Å². The van der Waals surface area contributed by atoms with E-state index in [1.54, 1.807) is 16.7 Å². The number of rotatable bonds is 5. The van der Waals surface area contributed by atoms with Gasteiger partial charge in [0.15, 0.2) is 0 Å². The van der Waals surface area contributed by atoms with Crippen molar-refractivity contribution < 1.29 is 9.53 Å². The first kappa shape index (κ1) is 19.9. The molecule has 0 spiro atoms. The highest BCUT2D eigenvalue weighted by Gasteiger charge is 2.12. The van der Waals surface area contributed by atoms with E-state index in [1.165, 1.54) is 16.9 Å². The van der Waals surface area contributed by atoms with E-state index >= 15 is 0 Å². The fourth-order valence-electron chi connectivity index (χ4n) is 2.61. The van der Waals surface area contributed by atoms with Gasteiger partial charge in [0.25, 0.3) is 5.91 Å². The van der Waals surface area contributed by atoms with Gasteiger partial charge in [0.05, 0.1) is 4.88 Å². The molecule has 0 aliphatic carbocycles. The van der Waals surface area contributed by atoms with Crippen molar-refractivity contribution in [2.45, 2.75) is 13.5 Å². The smallest absolute Gasteiger partial charge is 0.275 e. The van der Waals surface area contributed by atoms with E-state index in [0.29, 0.717) is 18.0 Å². The maximum absolute atomic E-state index is 12.6. The van der Waals surface area contributed by atoms with Crippen LogP contribution in [0.3, 0.4) is 0 Å². The molecule has 4 aromatic rings. The molecule has 2 heterocycles. The Morgan fingerprint density at radius 2 is 1.93 bits per heavy atom. The molecule has 2 aromatic heterocycles. The normalized spacial score (nSPS) is 10.2. The Morgan fingerprint density at radius 3 is 2.73 bits per heavy atom. The van der Waals surface area contributed by atoms with Crippen LogP contribution in [0, 0.1) is 18.8 Å². The number of aryl methyl sites for hydroxylation is 1. The van der Waals surface area contributed by atoms with Crippen molar-refractivity contribution >= 4 is 34.3 Å². The minimum Gasteiger partial charge on any atom is -0.486 e. The van der Waals surface area contributed by atoms with Gasteiger partial charge in [0.2, 0.25) is 0 Å². The number of ether oxygens (including phenoxy) is 1. The van der Waals surface area contributed by atoms with Crippen LogP contribution in [-0.4, -0.2) is 10.9 Å². The quantitative estimate of drug-likeness (QED) is 0.411. The Balaban J connectivity index is 1.37. The second-order valence-electron chi connectivity index (χ2n) is 6.49. The highest BCUT2D eigenvalue weighted by Crippen LogP contribution is 2.18. The van der Waals surface area contributed by atoms with Crippen molar-refractivity contribution in [3.8, 4) is 17.6 Å². The number of thiophene rings is 1. The maximum atomic E-state index is 12.6. The topological polar surface area (TPSA) is 51.2 Å². The second-order valence-corrected chi connectivity index (χ2v) is 8.38. The van der Waals surface area contributed by atoms with Crippen LogP contribution < -0.4 is 10.1 Å². The summed E-state index contributed by atoms with van der Waals surface area (Å²) in [6.07, 6.45) is 0. The molecule has 0 radical (unpaired) electrons. The maximum Gasteiger partial charge on any atom is 0.275 e. The van der Waals surface area contributed by atoms with Crippen LogP contribution in [-0.2, 0) is 6.61 Å². The summed E-state index contributed by atoms with van der Waals surface area (Å²) >= 11 is 3.00. The van der Waals surface area contributed by atoms with Gasteiger partial charge in [0, 0.05) is 16.6 Å². The Kier molecular flexibility index (Phi) is 6.23. The van der Waals surface area contributed by atoms with Gasteiger partial charge in [-0.15, -0.1) is 22.7 Å². The van der Waals surface area contributed by atoms with Gasteiger partial charge in [-0.25, -0.2) is 4.98 Å². The lowest BCUT2D eigenvalue weighted by molar-refractivity contribution is 0.102. The number of carbonyl (C=O) groups is 1.